The summed E-state index contributed by atoms with van der Waals surface area (Å²) in [7, 11) is 0. The number of pyridine rings is 1. The fourth-order valence-corrected chi connectivity index (χ4v) is 4.05. The fourth-order valence-electron chi connectivity index (χ4n) is 4.05. The van der Waals surface area contributed by atoms with Gasteiger partial charge in [-0.15, -0.1) is 0 Å². The van der Waals surface area contributed by atoms with Gasteiger partial charge >= 0.3 is 0 Å². The van der Waals surface area contributed by atoms with E-state index in [0.29, 0.717) is 5.41 Å². The lowest BCUT2D eigenvalue weighted by molar-refractivity contribution is 0.0364. The first kappa shape index (κ1) is 17.9. The quantitative estimate of drug-likeness (QED) is 0.699. The molecule has 134 valence electrons. The highest BCUT2D eigenvalue weighted by Crippen LogP contribution is 2.44. The smallest absolute Gasteiger partial charge is 0.0535 e. The molecule has 0 spiro atoms. The molecule has 1 aromatic heterocycles. The van der Waals surface area contributed by atoms with Crippen LogP contribution in [0.25, 0.3) is 0 Å². The summed E-state index contributed by atoms with van der Waals surface area (Å²) in [4.78, 5) is 7.18. The maximum atomic E-state index is 5.92. The summed E-state index contributed by atoms with van der Waals surface area (Å²) in [6, 6.07) is 4.38. The van der Waals surface area contributed by atoms with Crippen molar-refractivity contribution in [1.29, 1.82) is 0 Å². The Bertz CT molecular complexity index is 535. The van der Waals surface area contributed by atoms with Gasteiger partial charge in [-0.3, -0.25) is 9.88 Å². The van der Waals surface area contributed by atoms with Crippen molar-refractivity contribution in [3.63, 3.8) is 0 Å². The number of ether oxygens (including phenoxy) is 1. The van der Waals surface area contributed by atoms with Gasteiger partial charge in [-0.25, -0.2) is 0 Å². The molecule has 1 aromatic rings. The van der Waals surface area contributed by atoms with Crippen molar-refractivity contribution < 1.29 is 4.74 Å². The molecule has 1 aliphatic carbocycles. The number of aromatic nitrogens is 1. The summed E-state index contributed by atoms with van der Waals surface area (Å²) >= 11 is 0. The SMILES string of the molecule is CCOC[C@]1(CCC2CC2)CCN(C(C)(C)c2ccc(C)nc2)C1. The van der Waals surface area contributed by atoms with Crippen LogP contribution in [0.1, 0.15) is 64.1 Å². The molecule has 1 aliphatic heterocycles. The van der Waals surface area contributed by atoms with Gasteiger partial charge in [-0.1, -0.05) is 18.9 Å². The van der Waals surface area contributed by atoms with Gasteiger partial charge in [0.2, 0.25) is 0 Å². The van der Waals surface area contributed by atoms with Crippen LogP contribution in [0.15, 0.2) is 18.3 Å². The van der Waals surface area contributed by atoms with Crippen LogP contribution in [0.2, 0.25) is 0 Å². The van der Waals surface area contributed by atoms with Crippen molar-refractivity contribution in [2.24, 2.45) is 11.3 Å². The number of rotatable bonds is 8. The van der Waals surface area contributed by atoms with Gasteiger partial charge in [0.25, 0.3) is 0 Å². The number of hydrogen-bond acceptors (Lipinski definition) is 3. The van der Waals surface area contributed by atoms with E-state index >= 15 is 0 Å². The molecule has 3 heteroatoms. The maximum absolute atomic E-state index is 5.92. The van der Waals surface area contributed by atoms with Crippen molar-refractivity contribution in [3.8, 4) is 0 Å². The lowest BCUT2D eigenvalue weighted by atomic mass is 9.82. The van der Waals surface area contributed by atoms with Crippen LogP contribution in [0.5, 0.6) is 0 Å². The first-order chi connectivity index (χ1) is 11.5. The standard InChI is InChI=1S/C21H34N2O/c1-5-24-16-21(11-10-18-7-8-18)12-13-23(15-21)20(3,4)19-9-6-17(2)22-14-19/h6,9,14,18H,5,7-8,10-13,15-16H2,1-4H3/t21-/m1/s1. The van der Waals surface area contributed by atoms with E-state index in [0.717, 1.165) is 31.4 Å². The van der Waals surface area contributed by atoms with E-state index in [1.165, 1.54) is 44.2 Å². The van der Waals surface area contributed by atoms with Crippen LogP contribution in [0, 0.1) is 18.3 Å². The highest BCUT2D eigenvalue weighted by molar-refractivity contribution is 5.22. The van der Waals surface area contributed by atoms with E-state index in [9.17, 15) is 0 Å². The molecule has 0 radical (unpaired) electrons. The Morgan fingerprint density at radius 2 is 2.12 bits per heavy atom. The molecular weight excluding hydrogens is 296 g/mol. The Hall–Kier alpha value is -0.930. The minimum absolute atomic E-state index is 0.0360. The third-order valence-corrected chi connectivity index (χ3v) is 6.24. The summed E-state index contributed by atoms with van der Waals surface area (Å²) in [5.41, 5.74) is 2.80. The van der Waals surface area contributed by atoms with Gasteiger partial charge in [0.05, 0.1) is 6.61 Å². The van der Waals surface area contributed by atoms with E-state index < -0.39 is 0 Å². The average Bonchev–Trinajstić information content (AvgIpc) is 3.30. The van der Waals surface area contributed by atoms with Crippen LogP contribution >= 0.6 is 0 Å². The Balaban J connectivity index is 1.70. The lowest BCUT2D eigenvalue weighted by Gasteiger charge is -2.38. The maximum Gasteiger partial charge on any atom is 0.0535 e. The Morgan fingerprint density at radius 1 is 1.33 bits per heavy atom. The van der Waals surface area contributed by atoms with Crippen LogP contribution in [-0.4, -0.2) is 36.2 Å². The van der Waals surface area contributed by atoms with Crippen LogP contribution in [0.4, 0.5) is 0 Å². The molecule has 1 saturated carbocycles. The number of aryl methyl sites for hydroxylation is 1. The second-order valence-electron chi connectivity index (χ2n) is 8.54. The topological polar surface area (TPSA) is 25.4 Å². The fraction of sp³-hybridized carbons (Fsp3) is 0.762. The van der Waals surface area contributed by atoms with Gasteiger partial charge in [0.15, 0.2) is 0 Å². The van der Waals surface area contributed by atoms with Gasteiger partial charge in [0, 0.05) is 36.0 Å². The van der Waals surface area contributed by atoms with E-state index in [2.05, 4.69) is 55.9 Å². The van der Waals surface area contributed by atoms with Crippen molar-refractivity contribution in [3.05, 3.63) is 29.6 Å². The van der Waals surface area contributed by atoms with Gasteiger partial charge in [0.1, 0.15) is 0 Å². The lowest BCUT2D eigenvalue weighted by Crippen LogP contribution is -2.42. The van der Waals surface area contributed by atoms with E-state index in [1.807, 2.05) is 0 Å². The van der Waals surface area contributed by atoms with Crippen LogP contribution in [0.3, 0.4) is 0 Å². The number of hydrogen-bond donors (Lipinski definition) is 0. The number of nitrogens with zero attached hydrogens (tertiary/aromatic N) is 2. The van der Waals surface area contributed by atoms with Gasteiger partial charge < -0.3 is 4.74 Å². The zero-order valence-electron chi connectivity index (χ0n) is 16.0. The molecule has 3 rings (SSSR count). The largest absolute Gasteiger partial charge is 0.381 e. The summed E-state index contributed by atoms with van der Waals surface area (Å²) in [6.45, 7) is 12.9. The molecule has 0 unspecified atom stereocenters. The molecule has 0 bridgehead atoms. The minimum atomic E-state index is 0.0360. The van der Waals surface area contributed by atoms with Crippen molar-refractivity contribution in [2.75, 3.05) is 26.3 Å². The Morgan fingerprint density at radius 3 is 2.75 bits per heavy atom. The third-order valence-electron chi connectivity index (χ3n) is 6.24. The summed E-state index contributed by atoms with van der Waals surface area (Å²) < 4.78 is 5.92. The monoisotopic (exact) mass is 330 g/mol. The van der Waals surface area contributed by atoms with E-state index in [4.69, 9.17) is 4.74 Å². The summed E-state index contributed by atoms with van der Waals surface area (Å²) in [5, 5.41) is 0. The Kier molecular flexibility index (Phi) is 5.31. The van der Waals surface area contributed by atoms with Gasteiger partial charge in [-0.2, -0.15) is 0 Å². The molecule has 0 N–H and O–H groups in total. The zero-order valence-corrected chi connectivity index (χ0v) is 16.0. The molecule has 3 nitrogen and oxygen atoms in total. The second kappa shape index (κ2) is 7.13. The van der Waals surface area contributed by atoms with Crippen molar-refractivity contribution in [1.82, 2.24) is 9.88 Å². The average molecular weight is 331 g/mol. The molecule has 0 amide bonds. The summed E-state index contributed by atoms with van der Waals surface area (Å²) in [5.74, 6) is 1.01. The van der Waals surface area contributed by atoms with E-state index in [1.54, 1.807) is 0 Å². The predicted octanol–water partition coefficient (Wildman–Crippen LogP) is 4.54. The first-order valence-corrected chi connectivity index (χ1v) is 9.71. The second-order valence-corrected chi connectivity index (χ2v) is 8.54. The molecule has 2 heterocycles. The first-order valence-electron chi connectivity index (χ1n) is 9.71. The van der Waals surface area contributed by atoms with E-state index in [-0.39, 0.29) is 5.54 Å². The van der Waals surface area contributed by atoms with Crippen LogP contribution < -0.4 is 0 Å². The highest BCUT2D eigenvalue weighted by atomic mass is 16.5. The highest BCUT2D eigenvalue weighted by Gasteiger charge is 2.44. The Labute approximate surface area is 147 Å². The molecule has 1 atom stereocenters. The molecule has 0 aromatic carbocycles. The molecule has 2 aliphatic rings. The third kappa shape index (κ3) is 4.00. The predicted molar refractivity (Wildman–Crippen MR) is 99.1 cm³/mol. The molecule has 1 saturated heterocycles. The van der Waals surface area contributed by atoms with Crippen molar-refractivity contribution in [2.45, 2.75) is 65.3 Å². The molecule has 24 heavy (non-hydrogen) atoms. The molecule has 2 fully saturated rings. The van der Waals surface area contributed by atoms with Crippen LogP contribution in [-0.2, 0) is 10.3 Å². The zero-order chi connectivity index (χ0) is 17.2. The number of likely N-dealkylation sites (tertiary alicyclic amines) is 1. The minimum Gasteiger partial charge on any atom is -0.381 e. The normalized spacial score (nSPS) is 25.3. The summed E-state index contributed by atoms with van der Waals surface area (Å²) in [6.07, 6.45) is 8.96. The molecular formula is C21H34N2O. The van der Waals surface area contributed by atoms with Crippen molar-refractivity contribution >= 4 is 0 Å². The van der Waals surface area contributed by atoms with Gasteiger partial charge in [-0.05, 0) is 71.0 Å².